The third-order valence-electron chi connectivity index (χ3n) is 13.8. The van der Waals surface area contributed by atoms with Crippen LogP contribution in [-0.2, 0) is 0 Å². The predicted octanol–water partition coefficient (Wildman–Crippen LogP) is 18.4. The molecule has 0 N–H and O–H groups in total. The van der Waals surface area contributed by atoms with E-state index < -0.39 is 0 Å². The van der Waals surface area contributed by atoms with Gasteiger partial charge in [0.25, 0.3) is 0 Å². The quantitative estimate of drug-likeness (QED) is 0.138. The summed E-state index contributed by atoms with van der Waals surface area (Å²) in [7, 11) is 0. The van der Waals surface area contributed by atoms with Crippen LogP contribution in [0.5, 0.6) is 0 Å². The topological polar surface area (TPSA) is 8.17 Å². The van der Waals surface area contributed by atoms with Crippen molar-refractivity contribution in [2.45, 2.75) is 0 Å². The van der Waals surface area contributed by atoms with Crippen molar-refractivity contribution in [3.05, 3.63) is 267 Å². The zero-order valence-corrected chi connectivity index (χ0v) is 37.3. The van der Waals surface area contributed by atoms with Crippen molar-refractivity contribution < 1.29 is 0 Å². The molecule has 13 rings (SSSR count). The van der Waals surface area contributed by atoms with Crippen molar-refractivity contribution in [1.29, 1.82) is 0 Å². The normalized spacial score (nSPS) is 11.5. The molecule has 0 spiro atoms. The Hall–Kier alpha value is -8.98. The van der Waals surface area contributed by atoms with Gasteiger partial charge in [-0.1, -0.05) is 194 Å². The van der Waals surface area contributed by atoms with Crippen molar-refractivity contribution in [2.75, 3.05) is 4.90 Å². The predicted molar refractivity (Wildman–Crippen MR) is 290 cm³/mol. The van der Waals surface area contributed by atoms with Crippen LogP contribution in [0.2, 0.25) is 0 Å². The molecule has 0 bridgehead atoms. The second kappa shape index (κ2) is 16.5. The molecule has 0 aliphatic heterocycles. The van der Waals surface area contributed by atoms with Crippen LogP contribution < -0.4 is 4.90 Å². The third-order valence-corrected chi connectivity index (χ3v) is 13.8. The van der Waals surface area contributed by atoms with Crippen molar-refractivity contribution in [3.63, 3.8) is 0 Å². The fourth-order valence-electron chi connectivity index (χ4n) is 10.4. The Morgan fingerprint density at radius 1 is 0.235 bits per heavy atom. The molecule has 13 aromatic rings. The molecular formula is C66H44N2. The first-order valence-electron chi connectivity index (χ1n) is 23.4. The largest absolute Gasteiger partial charge is 0.310 e. The molecule has 12 aromatic carbocycles. The number of hydrogen-bond acceptors (Lipinski definition) is 1. The molecule has 0 aliphatic rings. The van der Waals surface area contributed by atoms with Gasteiger partial charge in [0.2, 0.25) is 0 Å². The summed E-state index contributed by atoms with van der Waals surface area (Å²) in [6.45, 7) is 0. The number of nitrogens with zero attached hydrogens (tertiary/aromatic N) is 2. The highest BCUT2D eigenvalue weighted by molar-refractivity contribution is 6.12. The summed E-state index contributed by atoms with van der Waals surface area (Å²) >= 11 is 0. The van der Waals surface area contributed by atoms with Crippen molar-refractivity contribution >= 4 is 71.2 Å². The molecule has 2 heteroatoms. The van der Waals surface area contributed by atoms with Crippen molar-refractivity contribution in [3.8, 4) is 50.2 Å². The maximum absolute atomic E-state index is 2.39. The van der Waals surface area contributed by atoms with Crippen LogP contribution in [0.15, 0.2) is 267 Å². The summed E-state index contributed by atoms with van der Waals surface area (Å²) in [6, 6.07) is 97.5. The van der Waals surface area contributed by atoms with Crippen LogP contribution in [0.25, 0.3) is 104 Å². The fraction of sp³-hybridized carbons (Fsp3) is 0. The minimum atomic E-state index is 1.08. The maximum atomic E-state index is 2.39. The van der Waals surface area contributed by atoms with Gasteiger partial charge in [0.15, 0.2) is 0 Å². The summed E-state index contributed by atoms with van der Waals surface area (Å²) in [5.41, 5.74) is 16.3. The molecule has 0 fully saturated rings. The molecule has 0 saturated carbocycles. The summed E-state index contributed by atoms with van der Waals surface area (Å²) < 4.78 is 2.39. The summed E-state index contributed by atoms with van der Waals surface area (Å²) in [6.07, 6.45) is 0. The van der Waals surface area contributed by atoms with Gasteiger partial charge in [0.1, 0.15) is 0 Å². The lowest BCUT2D eigenvalue weighted by Crippen LogP contribution is -2.10. The summed E-state index contributed by atoms with van der Waals surface area (Å²) in [5, 5.41) is 10.0. The maximum Gasteiger partial charge on any atom is 0.0547 e. The van der Waals surface area contributed by atoms with E-state index in [9.17, 15) is 0 Å². The Labute approximate surface area is 395 Å². The van der Waals surface area contributed by atoms with Crippen molar-refractivity contribution in [1.82, 2.24) is 4.57 Å². The molecule has 0 atom stereocenters. The number of para-hydroxylation sites is 2. The number of rotatable bonds is 8. The first-order valence-corrected chi connectivity index (χ1v) is 23.4. The van der Waals surface area contributed by atoms with Crippen LogP contribution in [-0.4, -0.2) is 4.57 Å². The number of hydrogen-bond donors (Lipinski definition) is 0. The fourth-order valence-corrected chi connectivity index (χ4v) is 10.4. The highest BCUT2D eigenvalue weighted by Gasteiger charge is 2.17. The van der Waals surface area contributed by atoms with Gasteiger partial charge >= 0.3 is 0 Å². The van der Waals surface area contributed by atoms with Crippen molar-refractivity contribution in [2.24, 2.45) is 0 Å². The molecule has 0 aliphatic carbocycles. The van der Waals surface area contributed by atoms with Gasteiger partial charge in [0.05, 0.1) is 11.0 Å². The van der Waals surface area contributed by atoms with Crippen LogP contribution in [0.3, 0.4) is 0 Å². The van der Waals surface area contributed by atoms with Gasteiger partial charge in [0, 0.05) is 33.5 Å². The molecule has 68 heavy (non-hydrogen) atoms. The Morgan fingerprint density at radius 3 is 1.56 bits per heavy atom. The Balaban J connectivity index is 0.903. The molecule has 0 unspecified atom stereocenters. The lowest BCUT2D eigenvalue weighted by atomic mass is 9.94. The van der Waals surface area contributed by atoms with Crippen LogP contribution in [0, 0.1) is 0 Å². The van der Waals surface area contributed by atoms with Crippen LogP contribution in [0.4, 0.5) is 17.1 Å². The Morgan fingerprint density at radius 2 is 0.765 bits per heavy atom. The summed E-state index contributed by atoms with van der Waals surface area (Å²) in [5.74, 6) is 0. The lowest BCUT2D eigenvalue weighted by Gasteiger charge is -2.26. The third kappa shape index (κ3) is 6.90. The number of benzene rings is 12. The molecule has 0 saturated heterocycles. The SMILES string of the molecule is c1ccc(-n2c3ccccc3c3ccc(-c4ccc(N(c5ccc(-c6cccc(-c7ccc8ccccc8c7)c6)cc5)c5cccc(-c6cccc7c6ccc6ccccc67)c5)cc4)cc32)cc1. The van der Waals surface area contributed by atoms with E-state index in [1.807, 2.05) is 0 Å². The first kappa shape index (κ1) is 39.4. The molecular weight excluding hydrogens is 821 g/mol. The lowest BCUT2D eigenvalue weighted by molar-refractivity contribution is 1.18. The van der Waals surface area contributed by atoms with E-state index in [1.165, 1.54) is 98.6 Å². The van der Waals surface area contributed by atoms with E-state index in [1.54, 1.807) is 0 Å². The first-order chi connectivity index (χ1) is 33.7. The van der Waals surface area contributed by atoms with E-state index in [0.717, 1.165) is 22.7 Å². The van der Waals surface area contributed by atoms with Gasteiger partial charge in [-0.25, -0.2) is 0 Å². The number of aromatic nitrogens is 1. The highest BCUT2D eigenvalue weighted by atomic mass is 15.1. The Kier molecular flexibility index (Phi) is 9.54. The average molecular weight is 865 g/mol. The molecule has 1 aromatic heterocycles. The van der Waals surface area contributed by atoms with E-state index in [4.69, 9.17) is 0 Å². The van der Waals surface area contributed by atoms with Crippen LogP contribution in [0.1, 0.15) is 0 Å². The zero-order chi connectivity index (χ0) is 45.0. The molecule has 1 heterocycles. The minimum Gasteiger partial charge on any atom is -0.310 e. The highest BCUT2D eigenvalue weighted by Crippen LogP contribution is 2.42. The van der Waals surface area contributed by atoms with E-state index >= 15 is 0 Å². The second-order valence-corrected chi connectivity index (χ2v) is 17.7. The number of fused-ring (bicyclic) bond motifs is 7. The minimum absolute atomic E-state index is 1.08. The van der Waals surface area contributed by atoms with E-state index in [-0.39, 0.29) is 0 Å². The second-order valence-electron chi connectivity index (χ2n) is 17.7. The molecule has 0 amide bonds. The summed E-state index contributed by atoms with van der Waals surface area (Å²) in [4.78, 5) is 2.39. The molecule has 2 nitrogen and oxygen atoms in total. The van der Waals surface area contributed by atoms with E-state index in [0.29, 0.717) is 0 Å². The smallest absolute Gasteiger partial charge is 0.0547 e. The number of anilines is 3. The Bertz CT molecular complexity index is 4010. The van der Waals surface area contributed by atoms with Gasteiger partial charge in [-0.3, -0.25) is 0 Å². The monoisotopic (exact) mass is 864 g/mol. The zero-order valence-electron chi connectivity index (χ0n) is 37.3. The van der Waals surface area contributed by atoms with Gasteiger partial charge in [-0.2, -0.15) is 0 Å². The standard InChI is InChI=1S/C66H44N2/c1-2-19-55(20-3-1)68-65-26-9-8-23-63(65)64-40-34-53(44-66(64)68)47-31-37-57(38-32-47)67(58-21-11-18-54(43-58)60-24-12-25-61-59-22-7-6-14-48(59)33-39-62(60)61)56-35-29-46(30-36-56)50-16-10-17-51(41-50)52-28-27-45-13-4-5-15-49(45)42-52/h1-44H. The van der Waals surface area contributed by atoms with Gasteiger partial charge in [-0.05, 0) is 150 Å². The van der Waals surface area contributed by atoms with E-state index in [2.05, 4.69) is 276 Å². The van der Waals surface area contributed by atoms with Crippen LogP contribution >= 0.6 is 0 Å². The van der Waals surface area contributed by atoms with Gasteiger partial charge in [-0.15, -0.1) is 0 Å². The molecule has 0 radical (unpaired) electrons. The average Bonchev–Trinajstić information content (AvgIpc) is 3.75. The molecule has 318 valence electrons. The van der Waals surface area contributed by atoms with Gasteiger partial charge < -0.3 is 9.47 Å².